The van der Waals surface area contributed by atoms with Gasteiger partial charge in [-0.2, -0.15) is 0 Å². The van der Waals surface area contributed by atoms with E-state index < -0.39 is 11.9 Å². The fraction of sp³-hybridized carbons (Fsp3) is 0.214. The molecule has 9 heteroatoms. The number of hydrogen-bond acceptors (Lipinski definition) is 7. The molecule has 0 spiro atoms. The number of rotatable bonds is 11. The van der Waals surface area contributed by atoms with Gasteiger partial charge in [0.25, 0.3) is 0 Å². The van der Waals surface area contributed by atoms with E-state index in [2.05, 4.69) is 21.8 Å². The molecule has 0 amide bonds. The first kappa shape index (κ1) is 25.6. The van der Waals surface area contributed by atoms with E-state index in [-0.39, 0.29) is 11.4 Å². The summed E-state index contributed by atoms with van der Waals surface area (Å²) in [5, 5.41) is 18.5. The normalized spacial score (nSPS) is 11.0. The van der Waals surface area contributed by atoms with E-state index >= 15 is 0 Å². The molecule has 0 radical (unpaired) electrons. The summed E-state index contributed by atoms with van der Waals surface area (Å²) >= 11 is 0. The van der Waals surface area contributed by atoms with Crippen molar-refractivity contribution in [2.45, 2.75) is 32.9 Å². The summed E-state index contributed by atoms with van der Waals surface area (Å²) in [5.41, 5.74) is 3.86. The van der Waals surface area contributed by atoms with Crippen LogP contribution in [-0.2, 0) is 13.1 Å². The zero-order valence-corrected chi connectivity index (χ0v) is 20.4. The maximum Gasteiger partial charge on any atom is 0.354 e. The van der Waals surface area contributed by atoms with Crippen molar-refractivity contribution in [1.82, 2.24) is 24.8 Å². The van der Waals surface area contributed by atoms with E-state index in [1.165, 1.54) is 12.1 Å². The summed E-state index contributed by atoms with van der Waals surface area (Å²) in [7, 11) is 0. The Morgan fingerprint density at radius 3 is 1.46 bits per heavy atom. The monoisotopic (exact) mass is 497 g/mol. The molecule has 0 aromatic carbocycles. The quantitative estimate of drug-likeness (QED) is 0.300. The molecule has 0 aliphatic rings. The average molecular weight is 498 g/mol. The van der Waals surface area contributed by atoms with Crippen LogP contribution in [-0.4, -0.2) is 53.5 Å². The molecule has 4 rings (SSSR count). The number of hydrogen-bond donors (Lipinski definition) is 2. The van der Waals surface area contributed by atoms with E-state index in [4.69, 9.17) is 9.97 Å². The Balaban J connectivity index is 1.55. The van der Waals surface area contributed by atoms with Crippen LogP contribution in [0.15, 0.2) is 72.8 Å². The lowest BCUT2D eigenvalue weighted by Crippen LogP contribution is -2.25. The van der Waals surface area contributed by atoms with Crippen LogP contribution in [0.4, 0.5) is 0 Å². The molecule has 9 nitrogen and oxygen atoms in total. The van der Waals surface area contributed by atoms with Crippen LogP contribution in [0.2, 0.25) is 0 Å². The molecular formula is C28H27N5O4. The molecule has 0 bridgehead atoms. The zero-order chi connectivity index (χ0) is 26.2. The Kier molecular flexibility index (Phi) is 8.27. The molecule has 0 aliphatic carbocycles. The van der Waals surface area contributed by atoms with Crippen LogP contribution >= 0.6 is 0 Å². The zero-order valence-electron chi connectivity index (χ0n) is 20.4. The Morgan fingerprint density at radius 1 is 0.649 bits per heavy atom. The first-order valence-electron chi connectivity index (χ1n) is 12.0. The standard InChI is InChI=1S/C28H27N5O4/c1-2-3-16-33(17-19-8-4-10-21(29-19)23-12-6-14-25(31-23)27(34)35)18-20-9-5-11-22(30-20)24-13-7-15-26(32-24)28(36)37/h4-15H,2-3,16-18H2,1H3,(H,34,35)(H,36,37). The minimum atomic E-state index is -1.08. The first-order chi connectivity index (χ1) is 17.9. The van der Waals surface area contributed by atoms with Crippen molar-refractivity contribution in [3.05, 3.63) is 95.6 Å². The molecule has 4 aromatic heterocycles. The van der Waals surface area contributed by atoms with E-state index in [0.29, 0.717) is 35.9 Å². The summed E-state index contributed by atoms with van der Waals surface area (Å²) in [6.07, 6.45) is 2.04. The summed E-state index contributed by atoms with van der Waals surface area (Å²) < 4.78 is 0. The average Bonchev–Trinajstić information content (AvgIpc) is 2.92. The largest absolute Gasteiger partial charge is 0.477 e. The van der Waals surface area contributed by atoms with Crippen LogP contribution in [0.5, 0.6) is 0 Å². The molecule has 0 saturated carbocycles. The molecule has 0 saturated heterocycles. The Labute approximate surface area is 214 Å². The second kappa shape index (κ2) is 12.0. The molecule has 37 heavy (non-hydrogen) atoms. The van der Waals surface area contributed by atoms with Gasteiger partial charge >= 0.3 is 11.9 Å². The van der Waals surface area contributed by atoms with Crippen molar-refractivity contribution < 1.29 is 19.8 Å². The van der Waals surface area contributed by atoms with Gasteiger partial charge in [-0.3, -0.25) is 4.90 Å². The highest BCUT2D eigenvalue weighted by molar-refractivity contribution is 5.86. The highest BCUT2D eigenvalue weighted by atomic mass is 16.4. The van der Waals surface area contributed by atoms with Crippen LogP contribution in [0.1, 0.15) is 52.1 Å². The van der Waals surface area contributed by atoms with Gasteiger partial charge < -0.3 is 10.2 Å². The number of aromatic carboxylic acids is 2. The molecule has 2 N–H and O–H groups in total. The summed E-state index contributed by atoms with van der Waals surface area (Å²) in [5.74, 6) is -2.16. The number of nitrogens with zero attached hydrogens (tertiary/aromatic N) is 5. The highest BCUT2D eigenvalue weighted by Gasteiger charge is 2.13. The third-order valence-corrected chi connectivity index (χ3v) is 5.67. The third-order valence-electron chi connectivity index (χ3n) is 5.67. The van der Waals surface area contributed by atoms with Gasteiger partial charge in [-0.05, 0) is 61.5 Å². The maximum absolute atomic E-state index is 11.3. The summed E-state index contributed by atoms with van der Waals surface area (Å²) in [4.78, 5) is 42.8. The van der Waals surface area contributed by atoms with Crippen molar-refractivity contribution in [3.8, 4) is 22.8 Å². The van der Waals surface area contributed by atoms with Gasteiger partial charge in [0.1, 0.15) is 11.4 Å². The topological polar surface area (TPSA) is 129 Å². The van der Waals surface area contributed by atoms with Gasteiger partial charge in [-0.25, -0.2) is 29.5 Å². The Hall–Kier alpha value is -4.50. The van der Waals surface area contributed by atoms with Crippen LogP contribution in [0.3, 0.4) is 0 Å². The lowest BCUT2D eigenvalue weighted by molar-refractivity contribution is 0.0680. The second-order valence-electron chi connectivity index (χ2n) is 8.52. The van der Waals surface area contributed by atoms with Crippen LogP contribution in [0, 0.1) is 0 Å². The van der Waals surface area contributed by atoms with Crippen molar-refractivity contribution in [2.24, 2.45) is 0 Å². The van der Waals surface area contributed by atoms with Crippen molar-refractivity contribution in [2.75, 3.05) is 6.54 Å². The summed E-state index contributed by atoms with van der Waals surface area (Å²) in [6, 6.07) is 21.0. The highest BCUT2D eigenvalue weighted by Crippen LogP contribution is 2.19. The van der Waals surface area contributed by atoms with Gasteiger partial charge in [0.05, 0.1) is 34.2 Å². The minimum absolute atomic E-state index is 0.0244. The summed E-state index contributed by atoms with van der Waals surface area (Å²) in [6.45, 7) is 4.13. The van der Waals surface area contributed by atoms with Gasteiger partial charge in [0.15, 0.2) is 0 Å². The number of carboxylic acid groups (broad SMARTS) is 2. The number of carboxylic acids is 2. The number of pyridine rings is 4. The number of aromatic nitrogens is 4. The van der Waals surface area contributed by atoms with Crippen LogP contribution < -0.4 is 0 Å². The third kappa shape index (κ3) is 6.80. The van der Waals surface area contributed by atoms with E-state index in [9.17, 15) is 19.8 Å². The number of carbonyl (C=O) groups is 2. The SMILES string of the molecule is CCCCN(Cc1cccc(-c2cccc(C(=O)O)n2)n1)Cc1cccc(-c2cccc(C(=O)O)n2)n1. The maximum atomic E-state index is 11.3. The van der Waals surface area contributed by atoms with Gasteiger partial charge in [-0.15, -0.1) is 0 Å². The molecule has 4 aromatic rings. The molecule has 0 unspecified atom stereocenters. The lowest BCUT2D eigenvalue weighted by Gasteiger charge is -2.22. The van der Waals surface area contributed by atoms with Crippen LogP contribution in [0.25, 0.3) is 22.8 Å². The molecule has 0 aliphatic heterocycles. The van der Waals surface area contributed by atoms with Gasteiger partial charge in [0.2, 0.25) is 0 Å². The van der Waals surface area contributed by atoms with E-state index in [1.807, 2.05) is 36.4 Å². The molecule has 0 fully saturated rings. The smallest absolute Gasteiger partial charge is 0.354 e. The van der Waals surface area contributed by atoms with Gasteiger partial charge in [-0.1, -0.05) is 37.6 Å². The van der Waals surface area contributed by atoms with E-state index in [1.54, 1.807) is 24.3 Å². The molecular weight excluding hydrogens is 470 g/mol. The molecule has 4 heterocycles. The van der Waals surface area contributed by atoms with Crippen molar-refractivity contribution in [1.29, 1.82) is 0 Å². The van der Waals surface area contributed by atoms with Crippen molar-refractivity contribution >= 4 is 11.9 Å². The fourth-order valence-corrected chi connectivity index (χ4v) is 3.87. The van der Waals surface area contributed by atoms with E-state index in [0.717, 1.165) is 30.8 Å². The predicted molar refractivity (Wildman–Crippen MR) is 138 cm³/mol. The first-order valence-corrected chi connectivity index (χ1v) is 12.0. The Morgan fingerprint density at radius 2 is 1.05 bits per heavy atom. The molecule has 0 atom stereocenters. The van der Waals surface area contributed by atoms with Crippen molar-refractivity contribution in [3.63, 3.8) is 0 Å². The van der Waals surface area contributed by atoms with Gasteiger partial charge in [0, 0.05) is 13.1 Å². The molecule has 188 valence electrons. The predicted octanol–water partition coefficient (Wildman–Crippen LogP) is 4.80. The lowest BCUT2D eigenvalue weighted by atomic mass is 10.2. The second-order valence-corrected chi connectivity index (χ2v) is 8.52. The number of unbranched alkanes of at least 4 members (excludes halogenated alkanes) is 1. The minimum Gasteiger partial charge on any atom is -0.477 e. The fourth-order valence-electron chi connectivity index (χ4n) is 3.87. The Bertz CT molecular complexity index is 1310.